The standard InChI is InChI=1S/C15H12N2O5/c18-15(12-5-2-6-13-14(12)22-9-21-13)16-8-10-3-1-4-11(7-10)17(19)20/h1-7H,8-9H2,(H,16,18). The lowest BCUT2D eigenvalue weighted by atomic mass is 10.1. The van der Waals surface area contributed by atoms with Crippen LogP contribution in [0, 0.1) is 10.1 Å². The molecule has 0 fully saturated rings. The van der Waals surface area contributed by atoms with E-state index in [0.717, 1.165) is 0 Å². The number of carbonyl (C=O) groups is 1. The fourth-order valence-electron chi connectivity index (χ4n) is 2.17. The van der Waals surface area contributed by atoms with Crippen LogP contribution in [0.15, 0.2) is 42.5 Å². The van der Waals surface area contributed by atoms with Crippen molar-refractivity contribution in [2.45, 2.75) is 6.54 Å². The number of hydrogen-bond acceptors (Lipinski definition) is 5. The number of nitrogens with zero attached hydrogens (tertiary/aromatic N) is 1. The van der Waals surface area contributed by atoms with E-state index in [4.69, 9.17) is 9.47 Å². The summed E-state index contributed by atoms with van der Waals surface area (Å²) in [5.41, 5.74) is 1.01. The summed E-state index contributed by atoms with van der Waals surface area (Å²) in [5, 5.41) is 13.4. The number of nitrogens with one attached hydrogen (secondary N) is 1. The van der Waals surface area contributed by atoms with Crippen LogP contribution in [0.2, 0.25) is 0 Å². The molecule has 1 aliphatic rings. The van der Waals surface area contributed by atoms with Crippen molar-refractivity contribution in [2.75, 3.05) is 6.79 Å². The second-order valence-corrected chi connectivity index (χ2v) is 4.65. The van der Waals surface area contributed by atoms with Crippen molar-refractivity contribution >= 4 is 11.6 Å². The number of non-ortho nitro benzene ring substituents is 1. The van der Waals surface area contributed by atoms with Gasteiger partial charge in [0, 0.05) is 18.7 Å². The van der Waals surface area contributed by atoms with Crippen LogP contribution in [0.25, 0.3) is 0 Å². The number of fused-ring (bicyclic) bond motifs is 1. The summed E-state index contributed by atoms with van der Waals surface area (Å²) >= 11 is 0. The molecule has 1 amide bonds. The van der Waals surface area contributed by atoms with Gasteiger partial charge in [-0.25, -0.2) is 0 Å². The zero-order chi connectivity index (χ0) is 15.5. The molecular formula is C15H12N2O5. The van der Waals surface area contributed by atoms with Crippen molar-refractivity contribution in [2.24, 2.45) is 0 Å². The first kappa shape index (κ1) is 13.9. The predicted octanol–water partition coefficient (Wildman–Crippen LogP) is 2.25. The Kier molecular flexibility index (Phi) is 3.61. The third-order valence-electron chi connectivity index (χ3n) is 3.22. The second kappa shape index (κ2) is 5.72. The average Bonchev–Trinajstić information content (AvgIpc) is 3.01. The zero-order valence-electron chi connectivity index (χ0n) is 11.4. The number of ether oxygens (including phenoxy) is 2. The van der Waals surface area contributed by atoms with Gasteiger partial charge in [0.15, 0.2) is 11.5 Å². The van der Waals surface area contributed by atoms with Gasteiger partial charge in [0.05, 0.1) is 10.5 Å². The molecule has 0 unspecified atom stereocenters. The Balaban J connectivity index is 1.72. The van der Waals surface area contributed by atoms with Crippen molar-refractivity contribution in [3.8, 4) is 11.5 Å². The summed E-state index contributed by atoms with van der Waals surface area (Å²) in [6, 6.07) is 11.2. The topological polar surface area (TPSA) is 90.7 Å². The largest absolute Gasteiger partial charge is 0.454 e. The molecule has 3 rings (SSSR count). The van der Waals surface area contributed by atoms with E-state index in [2.05, 4.69) is 5.32 Å². The lowest BCUT2D eigenvalue weighted by Gasteiger charge is -2.07. The lowest BCUT2D eigenvalue weighted by Crippen LogP contribution is -2.23. The molecule has 0 aromatic heterocycles. The van der Waals surface area contributed by atoms with Crippen LogP contribution < -0.4 is 14.8 Å². The number of para-hydroxylation sites is 1. The van der Waals surface area contributed by atoms with E-state index >= 15 is 0 Å². The van der Waals surface area contributed by atoms with Crippen LogP contribution in [0.1, 0.15) is 15.9 Å². The maximum absolute atomic E-state index is 12.2. The van der Waals surface area contributed by atoms with Crippen LogP contribution >= 0.6 is 0 Å². The summed E-state index contributed by atoms with van der Waals surface area (Å²) in [7, 11) is 0. The van der Waals surface area contributed by atoms with Crippen LogP contribution in [-0.4, -0.2) is 17.6 Å². The number of carbonyl (C=O) groups excluding carboxylic acids is 1. The molecule has 2 aromatic carbocycles. The SMILES string of the molecule is O=C(NCc1cccc([N+](=O)[O-])c1)c1cccc2c1OCO2. The zero-order valence-corrected chi connectivity index (χ0v) is 11.4. The highest BCUT2D eigenvalue weighted by molar-refractivity contribution is 5.97. The first-order valence-corrected chi connectivity index (χ1v) is 6.55. The van der Waals surface area contributed by atoms with Gasteiger partial charge in [0.2, 0.25) is 6.79 Å². The Morgan fingerprint density at radius 3 is 2.86 bits per heavy atom. The number of nitro groups is 1. The van der Waals surface area contributed by atoms with Gasteiger partial charge >= 0.3 is 0 Å². The summed E-state index contributed by atoms with van der Waals surface area (Å²) < 4.78 is 10.5. The van der Waals surface area contributed by atoms with E-state index in [1.165, 1.54) is 12.1 Å². The Hall–Kier alpha value is -3.09. The van der Waals surface area contributed by atoms with Crippen LogP contribution in [0.4, 0.5) is 5.69 Å². The van der Waals surface area contributed by atoms with E-state index in [1.54, 1.807) is 30.3 Å². The molecule has 2 aromatic rings. The van der Waals surface area contributed by atoms with Gasteiger partial charge in [-0.05, 0) is 17.7 Å². The van der Waals surface area contributed by atoms with E-state index in [9.17, 15) is 14.9 Å². The molecule has 0 aliphatic carbocycles. The Bertz CT molecular complexity index is 744. The Morgan fingerprint density at radius 2 is 2.05 bits per heavy atom. The Labute approximate surface area is 125 Å². The van der Waals surface area contributed by atoms with Crippen molar-refractivity contribution in [3.63, 3.8) is 0 Å². The molecule has 0 spiro atoms. The molecule has 1 heterocycles. The van der Waals surface area contributed by atoms with Gasteiger partial charge in [-0.15, -0.1) is 0 Å². The summed E-state index contributed by atoms with van der Waals surface area (Å²) in [6.45, 7) is 0.273. The van der Waals surface area contributed by atoms with Crippen molar-refractivity contribution in [1.29, 1.82) is 0 Å². The number of hydrogen-bond donors (Lipinski definition) is 1. The van der Waals surface area contributed by atoms with E-state index in [-0.39, 0.29) is 24.9 Å². The second-order valence-electron chi connectivity index (χ2n) is 4.65. The molecule has 1 aliphatic heterocycles. The van der Waals surface area contributed by atoms with E-state index < -0.39 is 4.92 Å². The van der Waals surface area contributed by atoms with Crippen LogP contribution in [0.3, 0.4) is 0 Å². The molecule has 7 nitrogen and oxygen atoms in total. The number of nitro benzene ring substituents is 1. The molecule has 0 atom stereocenters. The molecule has 112 valence electrons. The van der Waals surface area contributed by atoms with Crippen LogP contribution in [0.5, 0.6) is 11.5 Å². The van der Waals surface area contributed by atoms with Gasteiger partial charge < -0.3 is 14.8 Å². The normalized spacial score (nSPS) is 12.0. The minimum Gasteiger partial charge on any atom is -0.454 e. The molecule has 0 radical (unpaired) electrons. The average molecular weight is 300 g/mol. The fraction of sp³-hybridized carbons (Fsp3) is 0.133. The van der Waals surface area contributed by atoms with Gasteiger partial charge in [-0.2, -0.15) is 0 Å². The number of benzene rings is 2. The highest BCUT2D eigenvalue weighted by Crippen LogP contribution is 2.35. The Morgan fingerprint density at radius 1 is 1.23 bits per heavy atom. The quantitative estimate of drug-likeness (QED) is 0.690. The minimum atomic E-state index is -0.472. The number of rotatable bonds is 4. The molecule has 22 heavy (non-hydrogen) atoms. The van der Waals surface area contributed by atoms with Gasteiger partial charge in [0.1, 0.15) is 0 Å². The maximum Gasteiger partial charge on any atom is 0.269 e. The molecular weight excluding hydrogens is 288 g/mol. The van der Waals surface area contributed by atoms with E-state index in [1.807, 2.05) is 0 Å². The van der Waals surface area contributed by atoms with E-state index in [0.29, 0.717) is 22.6 Å². The summed E-state index contributed by atoms with van der Waals surface area (Å²) in [5.74, 6) is 0.621. The van der Waals surface area contributed by atoms with Crippen molar-refractivity contribution in [1.82, 2.24) is 5.32 Å². The smallest absolute Gasteiger partial charge is 0.269 e. The molecule has 0 bridgehead atoms. The number of amides is 1. The monoisotopic (exact) mass is 300 g/mol. The molecule has 7 heteroatoms. The molecule has 0 saturated heterocycles. The van der Waals surface area contributed by atoms with Gasteiger partial charge in [-0.3, -0.25) is 14.9 Å². The maximum atomic E-state index is 12.2. The fourth-order valence-corrected chi connectivity index (χ4v) is 2.17. The molecule has 0 saturated carbocycles. The third-order valence-corrected chi connectivity index (χ3v) is 3.22. The third kappa shape index (κ3) is 2.69. The van der Waals surface area contributed by atoms with Crippen molar-refractivity contribution < 1.29 is 19.2 Å². The summed E-state index contributed by atoms with van der Waals surface area (Å²) in [4.78, 5) is 22.5. The highest BCUT2D eigenvalue weighted by atomic mass is 16.7. The van der Waals surface area contributed by atoms with Crippen LogP contribution in [-0.2, 0) is 6.54 Å². The minimum absolute atomic E-state index is 0.0101. The van der Waals surface area contributed by atoms with Crippen molar-refractivity contribution in [3.05, 3.63) is 63.7 Å². The lowest BCUT2D eigenvalue weighted by molar-refractivity contribution is -0.384. The predicted molar refractivity (Wildman–Crippen MR) is 76.8 cm³/mol. The highest BCUT2D eigenvalue weighted by Gasteiger charge is 2.21. The first-order valence-electron chi connectivity index (χ1n) is 6.55. The summed E-state index contributed by atoms with van der Waals surface area (Å²) in [6.07, 6.45) is 0. The van der Waals surface area contributed by atoms with Gasteiger partial charge in [0.25, 0.3) is 11.6 Å². The first-order chi connectivity index (χ1) is 10.6. The van der Waals surface area contributed by atoms with Gasteiger partial charge in [-0.1, -0.05) is 18.2 Å². The molecule has 1 N–H and O–H groups in total.